The van der Waals surface area contributed by atoms with E-state index in [2.05, 4.69) is 15.3 Å². The number of sulfonamides is 1. The largest absolute Gasteiger partial charge is 0.467 e. The first-order valence-corrected chi connectivity index (χ1v) is 11.9. The molecule has 1 aliphatic rings. The van der Waals surface area contributed by atoms with Gasteiger partial charge >= 0.3 is 0 Å². The predicted octanol–water partition coefficient (Wildman–Crippen LogP) is 2.35. The molecule has 1 saturated heterocycles. The molecule has 164 valence electrons. The summed E-state index contributed by atoms with van der Waals surface area (Å²) < 4.78 is 37.9. The molecule has 3 heterocycles. The van der Waals surface area contributed by atoms with Crippen molar-refractivity contribution >= 4 is 43.2 Å². The van der Waals surface area contributed by atoms with Crippen LogP contribution in [0.15, 0.2) is 35.5 Å². The number of amides is 1. The normalized spacial score (nSPS) is 15.2. The second-order valence-electron chi connectivity index (χ2n) is 7.02. The first kappa shape index (κ1) is 21.6. The third-order valence-electron chi connectivity index (χ3n) is 5.00. The minimum Gasteiger partial charge on any atom is -0.467 e. The van der Waals surface area contributed by atoms with Crippen molar-refractivity contribution in [1.29, 1.82) is 0 Å². The van der Waals surface area contributed by atoms with Gasteiger partial charge in [0, 0.05) is 23.7 Å². The number of nitrogens with zero attached hydrogens (tertiary/aromatic N) is 3. The summed E-state index contributed by atoms with van der Waals surface area (Å²) >= 11 is 1.54. The maximum absolute atomic E-state index is 12.8. The molecule has 0 saturated carbocycles. The van der Waals surface area contributed by atoms with E-state index in [1.54, 1.807) is 23.5 Å². The molecular weight excluding hydrogens is 440 g/mol. The summed E-state index contributed by atoms with van der Waals surface area (Å²) in [4.78, 5) is 22.9. The van der Waals surface area contributed by atoms with Crippen LogP contribution < -0.4 is 10.1 Å². The maximum atomic E-state index is 12.8. The van der Waals surface area contributed by atoms with Gasteiger partial charge in [-0.3, -0.25) is 4.79 Å². The number of ether oxygens (including phenoxy) is 2. The van der Waals surface area contributed by atoms with Gasteiger partial charge in [0.05, 0.1) is 23.5 Å². The number of nitrogens with one attached hydrogen (secondary N) is 1. The number of morpholine rings is 1. The van der Waals surface area contributed by atoms with Gasteiger partial charge in [-0.2, -0.15) is 4.31 Å². The summed E-state index contributed by atoms with van der Waals surface area (Å²) in [5.74, 6) is -0.0667. The van der Waals surface area contributed by atoms with Gasteiger partial charge in [-0.1, -0.05) is 6.07 Å². The van der Waals surface area contributed by atoms with Gasteiger partial charge in [-0.15, -0.1) is 11.3 Å². The fraction of sp³-hybridized carbons (Fsp3) is 0.350. The number of thiophene rings is 1. The molecular formula is C20H22N4O5S2. The summed E-state index contributed by atoms with van der Waals surface area (Å²) in [6, 6.07) is 6.18. The second kappa shape index (κ2) is 8.87. The number of benzene rings is 1. The van der Waals surface area contributed by atoms with Crippen LogP contribution >= 0.6 is 11.3 Å². The van der Waals surface area contributed by atoms with E-state index in [-0.39, 0.29) is 11.5 Å². The van der Waals surface area contributed by atoms with E-state index in [0.29, 0.717) is 37.9 Å². The molecule has 0 bridgehead atoms. The van der Waals surface area contributed by atoms with Gasteiger partial charge in [-0.25, -0.2) is 18.4 Å². The van der Waals surface area contributed by atoms with Crippen LogP contribution in [-0.4, -0.2) is 61.5 Å². The molecule has 4 rings (SSSR count). The van der Waals surface area contributed by atoms with Crippen molar-refractivity contribution in [2.24, 2.45) is 0 Å². The Labute approximate surface area is 184 Å². The van der Waals surface area contributed by atoms with E-state index < -0.39 is 15.9 Å². The fourth-order valence-corrected chi connectivity index (χ4v) is 5.70. The molecule has 1 aliphatic heterocycles. The van der Waals surface area contributed by atoms with Crippen LogP contribution in [0, 0.1) is 13.8 Å². The number of hydrogen-bond acceptors (Lipinski definition) is 8. The average Bonchev–Trinajstić information content (AvgIpc) is 3.07. The molecule has 9 nitrogen and oxygen atoms in total. The van der Waals surface area contributed by atoms with Crippen molar-refractivity contribution in [3.63, 3.8) is 0 Å². The summed E-state index contributed by atoms with van der Waals surface area (Å²) in [6.07, 6.45) is 1.41. The van der Waals surface area contributed by atoms with Crippen LogP contribution in [-0.2, 0) is 19.6 Å². The zero-order chi connectivity index (χ0) is 22.0. The van der Waals surface area contributed by atoms with Crippen LogP contribution in [0.5, 0.6) is 5.88 Å². The molecule has 3 aromatic rings. The van der Waals surface area contributed by atoms with Crippen molar-refractivity contribution in [2.75, 3.05) is 38.2 Å². The van der Waals surface area contributed by atoms with Crippen molar-refractivity contribution in [2.45, 2.75) is 18.7 Å². The first-order valence-electron chi connectivity index (χ1n) is 9.67. The first-order chi connectivity index (χ1) is 14.9. The Hall–Kier alpha value is -2.60. The molecule has 11 heteroatoms. The van der Waals surface area contributed by atoms with Crippen LogP contribution in [0.3, 0.4) is 0 Å². The summed E-state index contributed by atoms with van der Waals surface area (Å²) in [7, 11) is -3.65. The monoisotopic (exact) mass is 462 g/mol. The highest BCUT2D eigenvalue weighted by Gasteiger charge is 2.26. The lowest BCUT2D eigenvalue weighted by Crippen LogP contribution is -2.40. The highest BCUT2D eigenvalue weighted by molar-refractivity contribution is 7.89. The van der Waals surface area contributed by atoms with Crippen molar-refractivity contribution in [3.05, 3.63) is 41.0 Å². The Kier molecular flexibility index (Phi) is 6.19. The van der Waals surface area contributed by atoms with Crippen LogP contribution in [0.4, 0.5) is 5.69 Å². The lowest BCUT2D eigenvalue weighted by atomic mass is 10.2. The maximum Gasteiger partial charge on any atom is 0.262 e. The molecule has 2 aromatic heterocycles. The van der Waals surface area contributed by atoms with Crippen LogP contribution in [0.2, 0.25) is 0 Å². The zero-order valence-electron chi connectivity index (χ0n) is 17.1. The molecule has 0 unspecified atom stereocenters. The molecule has 1 aromatic carbocycles. The molecule has 31 heavy (non-hydrogen) atoms. The Morgan fingerprint density at radius 3 is 2.81 bits per heavy atom. The predicted molar refractivity (Wildman–Crippen MR) is 117 cm³/mol. The van der Waals surface area contributed by atoms with Crippen molar-refractivity contribution in [3.8, 4) is 5.88 Å². The topological polar surface area (TPSA) is 111 Å². The molecule has 0 atom stereocenters. The summed E-state index contributed by atoms with van der Waals surface area (Å²) in [5.41, 5.74) is 1.40. The van der Waals surface area contributed by atoms with E-state index in [1.807, 2.05) is 13.8 Å². The second-order valence-corrected chi connectivity index (χ2v) is 10.2. The third kappa shape index (κ3) is 4.54. The smallest absolute Gasteiger partial charge is 0.262 e. The van der Waals surface area contributed by atoms with Gasteiger partial charge in [-0.05, 0) is 37.6 Å². The third-order valence-corrected chi connectivity index (χ3v) is 8.01. The number of aryl methyl sites for hydroxylation is 2. The highest BCUT2D eigenvalue weighted by atomic mass is 32.2. The lowest BCUT2D eigenvalue weighted by molar-refractivity contribution is -0.118. The Morgan fingerprint density at radius 1 is 1.26 bits per heavy atom. The Balaban J connectivity index is 1.44. The van der Waals surface area contributed by atoms with E-state index in [4.69, 9.17) is 9.47 Å². The molecule has 1 amide bonds. The number of fused-ring (bicyclic) bond motifs is 1. The number of carbonyl (C=O) groups is 1. The Morgan fingerprint density at radius 2 is 2.03 bits per heavy atom. The highest BCUT2D eigenvalue weighted by Crippen LogP contribution is 2.33. The van der Waals surface area contributed by atoms with Gasteiger partial charge < -0.3 is 14.8 Å². The molecule has 0 aliphatic carbocycles. The van der Waals surface area contributed by atoms with Crippen LogP contribution in [0.1, 0.15) is 10.4 Å². The zero-order valence-corrected chi connectivity index (χ0v) is 18.8. The van der Waals surface area contributed by atoms with E-state index >= 15 is 0 Å². The van der Waals surface area contributed by atoms with E-state index in [0.717, 1.165) is 20.7 Å². The van der Waals surface area contributed by atoms with E-state index in [9.17, 15) is 13.2 Å². The minimum atomic E-state index is -3.65. The van der Waals surface area contributed by atoms with Gasteiger partial charge in [0.2, 0.25) is 15.9 Å². The van der Waals surface area contributed by atoms with Crippen LogP contribution in [0.25, 0.3) is 10.2 Å². The van der Waals surface area contributed by atoms with E-state index in [1.165, 1.54) is 22.8 Å². The van der Waals surface area contributed by atoms with Crippen molar-refractivity contribution < 1.29 is 22.7 Å². The quantitative estimate of drug-likeness (QED) is 0.599. The number of carbonyl (C=O) groups excluding carboxylic acids is 1. The van der Waals surface area contributed by atoms with Crippen molar-refractivity contribution in [1.82, 2.24) is 14.3 Å². The average molecular weight is 463 g/mol. The molecule has 0 spiro atoms. The SMILES string of the molecule is Cc1sc2ncnc(OCC(=O)Nc3cccc(S(=O)(=O)N4CCOCC4)c3)c2c1C. The summed E-state index contributed by atoms with van der Waals surface area (Å²) in [5, 5.41) is 3.49. The fourth-order valence-electron chi connectivity index (χ4n) is 3.26. The lowest BCUT2D eigenvalue weighted by Gasteiger charge is -2.26. The van der Waals surface area contributed by atoms with Gasteiger partial charge in [0.15, 0.2) is 6.61 Å². The number of rotatable bonds is 6. The minimum absolute atomic E-state index is 0.120. The summed E-state index contributed by atoms with van der Waals surface area (Å²) in [6.45, 7) is 5.05. The Bertz CT molecular complexity index is 1220. The molecule has 1 fully saturated rings. The number of aromatic nitrogens is 2. The van der Waals surface area contributed by atoms with Gasteiger partial charge in [0.25, 0.3) is 5.91 Å². The number of hydrogen-bond donors (Lipinski definition) is 1. The molecule has 1 N–H and O–H groups in total. The standard InChI is InChI=1S/C20H22N4O5S2/c1-13-14(2)30-20-18(13)19(21-12-22-20)29-11-17(25)23-15-4-3-5-16(10-15)31(26,27)24-6-8-28-9-7-24/h3-5,10,12H,6-9,11H2,1-2H3,(H,23,25). The number of anilines is 1. The molecule has 0 radical (unpaired) electrons. The van der Waals surface area contributed by atoms with Gasteiger partial charge in [0.1, 0.15) is 11.2 Å².